The Morgan fingerprint density at radius 1 is 1.22 bits per heavy atom. The third-order valence-corrected chi connectivity index (χ3v) is 4.63. The summed E-state index contributed by atoms with van der Waals surface area (Å²) in [6.07, 6.45) is 8.07. The largest absolute Gasteiger partial charge is 0.329 e. The van der Waals surface area contributed by atoms with Gasteiger partial charge in [0.1, 0.15) is 0 Å². The van der Waals surface area contributed by atoms with E-state index in [0.29, 0.717) is 5.41 Å². The molecule has 1 aliphatic rings. The maximum absolute atomic E-state index is 6.14. The summed E-state index contributed by atoms with van der Waals surface area (Å²) < 4.78 is 0. The third kappa shape index (κ3) is 4.24. The van der Waals surface area contributed by atoms with Crippen molar-refractivity contribution >= 4 is 0 Å². The van der Waals surface area contributed by atoms with Crippen LogP contribution in [0.2, 0.25) is 0 Å². The normalized spacial score (nSPS) is 29.8. The summed E-state index contributed by atoms with van der Waals surface area (Å²) in [5.74, 6) is 0.956. The van der Waals surface area contributed by atoms with Gasteiger partial charge in [-0.15, -0.1) is 0 Å². The summed E-state index contributed by atoms with van der Waals surface area (Å²) in [6.45, 7) is 11.2. The molecule has 1 fully saturated rings. The molecule has 0 atom stereocenters. The molecule has 0 saturated heterocycles. The summed E-state index contributed by atoms with van der Waals surface area (Å²) in [7, 11) is 2.28. The minimum Gasteiger partial charge on any atom is -0.329 e. The van der Waals surface area contributed by atoms with Crippen LogP contribution in [0.3, 0.4) is 0 Å². The van der Waals surface area contributed by atoms with E-state index in [0.717, 1.165) is 19.0 Å². The van der Waals surface area contributed by atoms with Crippen LogP contribution in [-0.2, 0) is 0 Å². The molecule has 2 nitrogen and oxygen atoms in total. The molecular formula is C16H34N2. The third-order valence-electron chi connectivity index (χ3n) is 4.63. The maximum atomic E-state index is 6.14. The Balaban J connectivity index is 2.59. The first-order valence-electron chi connectivity index (χ1n) is 7.74. The first kappa shape index (κ1) is 16.0. The van der Waals surface area contributed by atoms with Crippen LogP contribution in [0.15, 0.2) is 0 Å². The topological polar surface area (TPSA) is 29.3 Å². The van der Waals surface area contributed by atoms with Gasteiger partial charge < -0.3 is 5.73 Å². The van der Waals surface area contributed by atoms with E-state index < -0.39 is 0 Å². The summed E-state index contributed by atoms with van der Waals surface area (Å²) in [4.78, 5) is 2.55. The van der Waals surface area contributed by atoms with Gasteiger partial charge in [0, 0.05) is 18.6 Å². The van der Waals surface area contributed by atoms with E-state index in [1.807, 2.05) is 0 Å². The Bertz CT molecular complexity index is 234. The van der Waals surface area contributed by atoms with Crippen LogP contribution >= 0.6 is 0 Å². The highest BCUT2D eigenvalue weighted by Crippen LogP contribution is 2.38. The molecule has 0 aliphatic heterocycles. The van der Waals surface area contributed by atoms with Crippen molar-refractivity contribution in [1.82, 2.24) is 4.90 Å². The lowest BCUT2D eigenvalue weighted by molar-refractivity contribution is 0.0386. The fraction of sp³-hybridized carbons (Fsp3) is 1.00. The van der Waals surface area contributed by atoms with Gasteiger partial charge in [0.15, 0.2) is 0 Å². The van der Waals surface area contributed by atoms with Gasteiger partial charge in [0.25, 0.3) is 0 Å². The zero-order chi connectivity index (χ0) is 13.8. The summed E-state index contributed by atoms with van der Waals surface area (Å²) in [5, 5.41) is 0. The highest BCUT2D eigenvalue weighted by Gasteiger charge is 2.38. The van der Waals surface area contributed by atoms with Gasteiger partial charge in [-0.3, -0.25) is 4.90 Å². The fourth-order valence-electron chi connectivity index (χ4n) is 3.53. The monoisotopic (exact) mass is 254 g/mol. The molecule has 0 radical (unpaired) electrons. The Kier molecular flexibility index (Phi) is 5.67. The second-order valence-electron chi connectivity index (χ2n) is 7.58. The van der Waals surface area contributed by atoms with Crippen LogP contribution in [0.1, 0.15) is 66.2 Å². The molecule has 0 aromatic carbocycles. The van der Waals surface area contributed by atoms with Gasteiger partial charge >= 0.3 is 0 Å². The van der Waals surface area contributed by atoms with E-state index in [-0.39, 0.29) is 5.54 Å². The Labute approximate surface area is 114 Å². The number of nitrogens with zero attached hydrogens (tertiary/aromatic N) is 1. The zero-order valence-corrected chi connectivity index (χ0v) is 13.3. The molecule has 0 unspecified atom stereocenters. The molecule has 0 aromatic rings. The molecule has 108 valence electrons. The lowest BCUT2D eigenvalue weighted by Gasteiger charge is -2.48. The zero-order valence-electron chi connectivity index (χ0n) is 13.3. The highest BCUT2D eigenvalue weighted by atomic mass is 15.2. The average Bonchev–Trinajstić information content (AvgIpc) is 2.28. The Hall–Kier alpha value is -0.0800. The second kappa shape index (κ2) is 6.38. The first-order chi connectivity index (χ1) is 8.33. The summed E-state index contributed by atoms with van der Waals surface area (Å²) in [6, 6.07) is 0. The first-order valence-corrected chi connectivity index (χ1v) is 7.74. The number of hydrogen-bond acceptors (Lipinski definition) is 2. The van der Waals surface area contributed by atoms with Crippen molar-refractivity contribution in [3.63, 3.8) is 0 Å². The van der Waals surface area contributed by atoms with Crippen LogP contribution in [0, 0.1) is 11.3 Å². The van der Waals surface area contributed by atoms with Gasteiger partial charge in [-0.2, -0.15) is 0 Å². The minimum absolute atomic E-state index is 0.275. The predicted molar refractivity (Wildman–Crippen MR) is 80.7 cm³/mol. The molecule has 2 heteroatoms. The molecule has 0 bridgehead atoms. The van der Waals surface area contributed by atoms with Crippen LogP contribution in [0.5, 0.6) is 0 Å². The van der Waals surface area contributed by atoms with Crippen molar-refractivity contribution < 1.29 is 0 Å². The maximum Gasteiger partial charge on any atom is 0.0329 e. The van der Waals surface area contributed by atoms with Crippen LogP contribution in [0.4, 0.5) is 0 Å². The molecule has 18 heavy (non-hydrogen) atoms. The summed E-state index contributed by atoms with van der Waals surface area (Å²) >= 11 is 0. The van der Waals surface area contributed by atoms with E-state index in [1.54, 1.807) is 0 Å². The standard InChI is InChI=1S/C16H34N2/c1-6-7-14-8-10-16(12-17,11-9-14)18(5)13-15(2,3)4/h14H,6-13,17H2,1-5H3. The molecule has 1 saturated carbocycles. The van der Waals surface area contributed by atoms with Crippen molar-refractivity contribution in [1.29, 1.82) is 0 Å². The van der Waals surface area contributed by atoms with E-state index in [2.05, 4.69) is 39.6 Å². The van der Waals surface area contributed by atoms with Crippen LogP contribution < -0.4 is 5.73 Å². The van der Waals surface area contributed by atoms with Gasteiger partial charge in [0.05, 0.1) is 0 Å². The summed E-state index contributed by atoms with van der Waals surface area (Å²) in [5.41, 5.74) is 6.77. The molecular weight excluding hydrogens is 220 g/mol. The lowest BCUT2D eigenvalue weighted by Crippen LogP contribution is -2.56. The van der Waals surface area contributed by atoms with E-state index in [1.165, 1.54) is 38.5 Å². The molecule has 1 rings (SSSR count). The van der Waals surface area contributed by atoms with E-state index >= 15 is 0 Å². The average molecular weight is 254 g/mol. The van der Waals surface area contributed by atoms with Gasteiger partial charge in [-0.1, -0.05) is 40.5 Å². The molecule has 2 N–H and O–H groups in total. The van der Waals surface area contributed by atoms with E-state index in [9.17, 15) is 0 Å². The van der Waals surface area contributed by atoms with Gasteiger partial charge in [-0.05, 0) is 44.1 Å². The van der Waals surface area contributed by atoms with Gasteiger partial charge in [0.2, 0.25) is 0 Å². The molecule has 0 amide bonds. The number of hydrogen-bond donors (Lipinski definition) is 1. The number of rotatable bonds is 5. The predicted octanol–water partition coefficient (Wildman–Crippen LogP) is 3.65. The SMILES string of the molecule is CCCC1CCC(CN)(N(C)CC(C)(C)C)CC1. The van der Waals surface area contributed by atoms with Crippen molar-refractivity contribution in [3.8, 4) is 0 Å². The van der Waals surface area contributed by atoms with E-state index in [4.69, 9.17) is 5.73 Å². The Morgan fingerprint density at radius 3 is 2.17 bits per heavy atom. The second-order valence-corrected chi connectivity index (χ2v) is 7.58. The van der Waals surface area contributed by atoms with Gasteiger partial charge in [-0.25, -0.2) is 0 Å². The number of likely N-dealkylation sites (N-methyl/N-ethyl adjacent to an activating group) is 1. The molecule has 0 spiro atoms. The van der Waals surface area contributed by atoms with Crippen LogP contribution in [-0.4, -0.2) is 30.6 Å². The van der Waals surface area contributed by atoms with Crippen molar-refractivity contribution in [3.05, 3.63) is 0 Å². The molecule has 1 aliphatic carbocycles. The highest BCUT2D eigenvalue weighted by molar-refractivity contribution is 4.95. The fourth-order valence-corrected chi connectivity index (χ4v) is 3.53. The lowest BCUT2D eigenvalue weighted by atomic mass is 9.73. The van der Waals surface area contributed by atoms with Crippen molar-refractivity contribution in [2.45, 2.75) is 71.8 Å². The minimum atomic E-state index is 0.275. The smallest absolute Gasteiger partial charge is 0.0329 e. The van der Waals surface area contributed by atoms with Crippen LogP contribution in [0.25, 0.3) is 0 Å². The molecule has 0 heterocycles. The quantitative estimate of drug-likeness (QED) is 0.811. The number of nitrogens with two attached hydrogens (primary N) is 1. The van der Waals surface area contributed by atoms with Crippen molar-refractivity contribution in [2.75, 3.05) is 20.1 Å². The Morgan fingerprint density at radius 2 is 1.78 bits per heavy atom. The molecule has 0 aromatic heterocycles. The van der Waals surface area contributed by atoms with Crippen molar-refractivity contribution in [2.24, 2.45) is 17.1 Å².